The van der Waals surface area contributed by atoms with Gasteiger partial charge in [0, 0.05) is 0 Å². The molecule has 0 N–H and O–H groups in total. The summed E-state index contributed by atoms with van der Waals surface area (Å²) >= 11 is 4.09. The molecule has 0 saturated carbocycles. The van der Waals surface area contributed by atoms with Crippen LogP contribution in [0.1, 0.15) is 0 Å². The summed E-state index contributed by atoms with van der Waals surface area (Å²) in [5.74, 6) is 0. The number of rotatable bonds is 1. The highest BCUT2D eigenvalue weighted by Crippen LogP contribution is 1.94. The highest BCUT2D eigenvalue weighted by atomic mass is 79.9. The van der Waals surface area contributed by atoms with Gasteiger partial charge in [-0.25, -0.2) is 4.29 Å². The van der Waals surface area contributed by atoms with E-state index >= 15 is 0 Å². The average molecular weight is 183 g/mol. The monoisotopic (exact) mass is 182 g/mol. The predicted octanol–water partition coefficient (Wildman–Crippen LogP) is 1.96. The summed E-state index contributed by atoms with van der Waals surface area (Å²) in [5, 5.41) is 0. The summed E-state index contributed by atoms with van der Waals surface area (Å²) in [6, 6.07) is 0. The Balaban J connectivity index is 0. The van der Waals surface area contributed by atoms with Gasteiger partial charge in [-0.15, -0.1) is 17.0 Å². The molecule has 0 fully saturated rings. The Bertz CT molecular complexity index is 27.5. The molecular weight excluding hydrogens is 181 g/mol. The molecule has 0 aliphatic heterocycles. The molecule has 0 bridgehead atoms. The van der Waals surface area contributed by atoms with Crippen molar-refractivity contribution in [1.82, 2.24) is 0 Å². The van der Waals surface area contributed by atoms with Crippen molar-refractivity contribution in [2.45, 2.75) is 6.61 Å². The highest BCUT2D eigenvalue weighted by Gasteiger charge is 1.93. The smallest absolute Gasteiger partial charge is 0.211 e. The van der Waals surface area contributed by atoms with Crippen LogP contribution >= 0.6 is 28.8 Å². The van der Waals surface area contributed by atoms with E-state index in [1.165, 1.54) is 0 Å². The first kappa shape index (κ1) is 9.77. The Labute approximate surface area is 49.2 Å². The molecule has 6 heavy (non-hydrogen) atoms. The number of hydrogen-bond acceptors (Lipinski definition) is 1. The molecule has 0 aromatic carbocycles. The van der Waals surface area contributed by atoms with Gasteiger partial charge in [0.1, 0.15) is 0 Å². The lowest BCUT2D eigenvalue weighted by Crippen LogP contribution is -1.83. The minimum Gasteiger partial charge on any atom is -0.211 e. The molecule has 0 heterocycles. The van der Waals surface area contributed by atoms with Crippen molar-refractivity contribution in [3.63, 3.8) is 0 Å². The largest absolute Gasteiger partial charge is 0.360 e. The molecule has 0 atom stereocenters. The third kappa shape index (κ3) is 8.82. The van der Waals surface area contributed by atoms with Crippen LogP contribution in [0.2, 0.25) is 0 Å². The Morgan fingerprint density at radius 1 is 1.50 bits per heavy atom. The maximum absolute atomic E-state index is 10.4. The SMILES string of the molecule is Br.FC(F)OCl. The number of halogens is 4. The van der Waals surface area contributed by atoms with Crippen molar-refractivity contribution >= 4 is 28.8 Å². The van der Waals surface area contributed by atoms with Crippen molar-refractivity contribution < 1.29 is 13.1 Å². The van der Waals surface area contributed by atoms with Gasteiger partial charge < -0.3 is 0 Å². The van der Waals surface area contributed by atoms with Gasteiger partial charge >= 0.3 is 6.61 Å². The molecule has 0 spiro atoms. The van der Waals surface area contributed by atoms with Gasteiger partial charge in [0.05, 0.1) is 11.9 Å². The topological polar surface area (TPSA) is 9.23 Å². The Morgan fingerprint density at radius 3 is 1.67 bits per heavy atom. The zero-order chi connectivity index (χ0) is 4.28. The molecule has 0 aromatic rings. The fraction of sp³-hybridized carbons (Fsp3) is 1.00. The lowest BCUT2D eigenvalue weighted by Gasteiger charge is -1.81. The number of alkyl halides is 2. The molecule has 0 rings (SSSR count). The van der Waals surface area contributed by atoms with Gasteiger partial charge in [-0.3, -0.25) is 0 Å². The molecule has 0 aliphatic carbocycles. The van der Waals surface area contributed by atoms with Crippen molar-refractivity contribution in [2.75, 3.05) is 0 Å². The summed E-state index contributed by atoms with van der Waals surface area (Å²) < 4.78 is 23.7. The number of hydrogen-bond donors (Lipinski definition) is 0. The molecule has 0 saturated heterocycles. The normalized spacial score (nSPS) is 8.00. The predicted molar refractivity (Wildman–Crippen MR) is 23.3 cm³/mol. The van der Waals surface area contributed by atoms with Crippen LogP contribution in [0, 0.1) is 0 Å². The quantitative estimate of drug-likeness (QED) is 0.604. The second-order valence-electron chi connectivity index (χ2n) is 0.350. The van der Waals surface area contributed by atoms with Crippen molar-refractivity contribution in [3.05, 3.63) is 0 Å². The first-order chi connectivity index (χ1) is 2.27. The fourth-order valence-electron chi connectivity index (χ4n) is 0. The summed E-state index contributed by atoms with van der Waals surface area (Å²) in [5.41, 5.74) is 0. The molecule has 0 aromatic heterocycles. The van der Waals surface area contributed by atoms with E-state index in [0.29, 0.717) is 0 Å². The van der Waals surface area contributed by atoms with Crippen LogP contribution in [-0.2, 0) is 4.29 Å². The van der Waals surface area contributed by atoms with Gasteiger partial charge in [0.2, 0.25) is 0 Å². The zero-order valence-corrected chi connectivity index (χ0v) is 5.00. The van der Waals surface area contributed by atoms with E-state index in [2.05, 4.69) is 16.2 Å². The van der Waals surface area contributed by atoms with E-state index in [0.717, 1.165) is 0 Å². The summed E-state index contributed by atoms with van der Waals surface area (Å²) in [6.07, 6.45) is 0. The van der Waals surface area contributed by atoms with Crippen LogP contribution in [0.25, 0.3) is 0 Å². The molecule has 0 radical (unpaired) electrons. The second kappa shape index (κ2) is 5.59. The van der Waals surface area contributed by atoms with Crippen molar-refractivity contribution in [1.29, 1.82) is 0 Å². The van der Waals surface area contributed by atoms with Crippen LogP contribution in [0.15, 0.2) is 0 Å². The summed E-state index contributed by atoms with van der Waals surface area (Å²) in [4.78, 5) is 0. The zero-order valence-electron chi connectivity index (χ0n) is 2.53. The Morgan fingerprint density at radius 2 is 1.67 bits per heavy atom. The molecule has 5 heteroatoms. The maximum atomic E-state index is 10.4. The standard InChI is InChI=1S/CHClF2O.BrH/c2-5-1(3)4;/h1H;1H. The van der Waals surface area contributed by atoms with Crippen LogP contribution in [0.5, 0.6) is 0 Å². The molecule has 0 amide bonds. The molecule has 0 unspecified atom stereocenters. The average Bonchev–Trinajstić information content (AvgIpc) is 1.38. The second-order valence-corrected chi connectivity index (χ2v) is 0.528. The van der Waals surface area contributed by atoms with E-state index in [-0.39, 0.29) is 17.0 Å². The van der Waals surface area contributed by atoms with Gasteiger partial charge in [-0.2, -0.15) is 8.78 Å². The molecule has 1 nitrogen and oxygen atoms in total. The van der Waals surface area contributed by atoms with Gasteiger partial charge in [0.15, 0.2) is 0 Å². The Kier molecular flexibility index (Phi) is 9.11. The molecule has 0 aliphatic rings. The lowest BCUT2D eigenvalue weighted by atomic mass is 11.5. The van der Waals surface area contributed by atoms with E-state index in [9.17, 15) is 8.78 Å². The summed E-state index contributed by atoms with van der Waals surface area (Å²) in [7, 11) is 0. The van der Waals surface area contributed by atoms with Gasteiger partial charge in [-0.05, 0) is 0 Å². The first-order valence-corrected chi connectivity index (χ1v) is 1.14. The maximum Gasteiger partial charge on any atom is 0.360 e. The molecular formula is CH2BrClF2O. The van der Waals surface area contributed by atoms with E-state index in [1.807, 2.05) is 0 Å². The minimum atomic E-state index is -2.85. The third-order valence-electron chi connectivity index (χ3n) is 0.0673. The van der Waals surface area contributed by atoms with Crippen LogP contribution in [-0.4, -0.2) is 6.61 Å². The van der Waals surface area contributed by atoms with Crippen LogP contribution in [0.4, 0.5) is 8.78 Å². The van der Waals surface area contributed by atoms with Crippen molar-refractivity contribution in [3.8, 4) is 0 Å². The highest BCUT2D eigenvalue weighted by molar-refractivity contribution is 8.93. The van der Waals surface area contributed by atoms with Crippen molar-refractivity contribution in [2.24, 2.45) is 0 Å². The summed E-state index contributed by atoms with van der Waals surface area (Å²) in [6.45, 7) is -2.85. The first-order valence-electron chi connectivity index (χ1n) is 0.826. The van der Waals surface area contributed by atoms with E-state index < -0.39 is 6.61 Å². The van der Waals surface area contributed by atoms with E-state index in [1.54, 1.807) is 0 Å². The minimum absolute atomic E-state index is 0. The third-order valence-corrected chi connectivity index (χ3v) is 0.202. The van der Waals surface area contributed by atoms with Crippen LogP contribution < -0.4 is 0 Å². The Hall–Kier alpha value is 0.590. The molecule has 40 valence electrons. The van der Waals surface area contributed by atoms with Gasteiger partial charge in [0.25, 0.3) is 0 Å². The van der Waals surface area contributed by atoms with Crippen LogP contribution in [0.3, 0.4) is 0 Å². The van der Waals surface area contributed by atoms with E-state index in [4.69, 9.17) is 0 Å². The fourth-order valence-corrected chi connectivity index (χ4v) is 0. The van der Waals surface area contributed by atoms with Gasteiger partial charge in [-0.1, -0.05) is 0 Å². The lowest BCUT2D eigenvalue weighted by molar-refractivity contribution is -0.0436.